The van der Waals surface area contributed by atoms with Crippen molar-refractivity contribution in [2.45, 2.75) is 26.3 Å². The number of carbonyl (C=O) groups excluding carboxylic acids is 2. The molecule has 3 rings (SSSR count). The number of nitrogens with zero attached hydrogens (tertiary/aromatic N) is 3. The fourth-order valence-corrected chi connectivity index (χ4v) is 2.43. The molecular formula is C17H15N4O5-. The lowest BCUT2D eigenvalue weighted by molar-refractivity contribution is -0.255. The molecule has 2 aromatic heterocycles. The molecule has 26 heavy (non-hydrogen) atoms. The summed E-state index contributed by atoms with van der Waals surface area (Å²) in [6.07, 6.45) is 0. The third-order valence-electron chi connectivity index (χ3n) is 3.74. The summed E-state index contributed by atoms with van der Waals surface area (Å²) in [5, 5.41) is 21.6. The van der Waals surface area contributed by atoms with Gasteiger partial charge in [-0.15, -0.1) is 0 Å². The Kier molecular flexibility index (Phi) is 4.53. The summed E-state index contributed by atoms with van der Waals surface area (Å²) < 4.78 is 5.78. The zero-order valence-electron chi connectivity index (χ0n) is 14.1. The Balaban J connectivity index is 1.90. The Morgan fingerprint density at radius 2 is 1.96 bits per heavy atom. The molecule has 1 amide bonds. The summed E-state index contributed by atoms with van der Waals surface area (Å²) in [6, 6.07) is 7.68. The van der Waals surface area contributed by atoms with E-state index in [0.717, 1.165) is 4.68 Å². The molecule has 3 aromatic rings. The van der Waals surface area contributed by atoms with E-state index in [0.29, 0.717) is 5.69 Å². The molecule has 0 atom stereocenters. The van der Waals surface area contributed by atoms with Gasteiger partial charge in [-0.25, -0.2) is 4.68 Å². The SMILES string of the molecule is CC(C)c1cc(NC(=O)Cn2nc(C(=O)[O-])c3ccccc3c2=O)on1. The van der Waals surface area contributed by atoms with Gasteiger partial charge in [-0.1, -0.05) is 37.2 Å². The molecule has 134 valence electrons. The third-order valence-corrected chi connectivity index (χ3v) is 3.74. The van der Waals surface area contributed by atoms with Gasteiger partial charge in [-0.05, 0) is 12.0 Å². The molecule has 0 fully saturated rings. The zero-order chi connectivity index (χ0) is 18.8. The van der Waals surface area contributed by atoms with E-state index in [1.165, 1.54) is 12.1 Å². The molecule has 0 aliphatic carbocycles. The van der Waals surface area contributed by atoms with Crippen molar-refractivity contribution in [3.8, 4) is 0 Å². The number of amides is 1. The van der Waals surface area contributed by atoms with Crippen molar-refractivity contribution in [1.29, 1.82) is 0 Å². The van der Waals surface area contributed by atoms with Crippen LogP contribution in [0, 0.1) is 0 Å². The van der Waals surface area contributed by atoms with Crippen molar-refractivity contribution in [2.24, 2.45) is 0 Å². The number of aromatic carboxylic acids is 1. The summed E-state index contributed by atoms with van der Waals surface area (Å²) >= 11 is 0. The first-order chi connectivity index (χ1) is 12.4. The fourth-order valence-electron chi connectivity index (χ4n) is 2.43. The van der Waals surface area contributed by atoms with E-state index in [-0.39, 0.29) is 22.6 Å². The number of rotatable bonds is 5. The van der Waals surface area contributed by atoms with Crippen LogP contribution in [0.4, 0.5) is 5.88 Å². The van der Waals surface area contributed by atoms with Crippen molar-refractivity contribution < 1.29 is 19.2 Å². The Labute approximate surface area is 147 Å². The quantitative estimate of drug-likeness (QED) is 0.705. The average molecular weight is 355 g/mol. The van der Waals surface area contributed by atoms with Crippen LogP contribution in [0.5, 0.6) is 0 Å². The van der Waals surface area contributed by atoms with Crippen LogP contribution in [-0.4, -0.2) is 26.8 Å². The highest BCUT2D eigenvalue weighted by Gasteiger charge is 2.15. The molecule has 0 unspecified atom stereocenters. The van der Waals surface area contributed by atoms with Gasteiger partial charge in [0.25, 0.3) is 5.56 Å². The van der Waals surface area contributed by atoms with E-state index < -0.39 is 29.7 Å². The molecule has 9 nitrogen and oxygen atoms in total. The summed E-state index contributed by atoms with van der Waals surface area (Å²) in [7, 11) is 0. The van der Waals surface area contributed by atoms with Gasteiger partial charge in [0.1, 0.15) is 12.2 Å². The van der Waals surface area contributed by atoms with Crippen LogP contribution in [0.15, 0.2) is 39.6 Å². The standard InChI is InChI=1S/C17H16N4O5/c1-9(2)12-7-14(26-20-12)18-13(22)8-21-16(23)11-6-4-3-5-10(11)15(19-21)17(24)25/h3-7,9H,8H2,1-2H3,(H,18,22)(H,24,25)/p-1. The first-order valence-electron chi connectivity index (χ1n) is 7.84. The molecule has 1 aromatic carbocycles. The van der Waals surface area contributed by atoms with E-state index in [4.69, 9.17) is 4.52 Å². The predicted octanol–water partition coefficient (Wildman–Crippen LogP) is 0.510. The number of hydrogen-bond acceptors (Lipinski definition) is 7. The second-order valence-corrected chi connectivity index (χ2v) is 5.96. The molecule has 0 saturated carbocycles. The molecule has 1 N–H and O–H groups in total. The monoisotopic (exact) mass is 355 g/mol. The van der Waals surface area contributed by atoms with E-state index in [2.05, 4.69) is 15.6 Å². The molecular weight excluding hydrogens is 340 g/mol. The number of carboxylic acid groups (broad SMARTS) is 1. The van der Waals surface area contributed by atoms with E-state index in [1.807, 2.05) is 13.8 Å². The van der Waals surface area contributed by atoms with Gasteiger partial charge in [0.05, 0.1) is 17.0 Å². The Hall–Kier alpha value is -3.49. The lowest BCUT2D eigenvalue weighted by Crippen LogP contribution is -2.34. The van der Waals surface area contributed by atoms with Crippen LogP contribution in [-0.2, 0) is 11.3 Å². The first kappa shape index (κ1) is 17.3. The number of anilines is 1. The highest BCUT2D eigenvalue weighted by molar-refractivity contribution is 6.00. The summed E-state index contributed by atoms with van der Waals surface area (Å²) in [5.41, 5.74) is -0.323. The fraction of sp³-hybridized carbons (Fsp3) is 0.235. The van der Waals surface area contributed by atoms with Crippen molar-refractivity contribution in [3.63, 3.8) is 0 Å². The molecule has 2 heterocycles. The lowest BCUT2D eigenvalue weighted by Gasteiger charge is -2.11. The van der Waals surface area contributed by atoms with Crippen molar-refractivity contribution in [1.82, 2.24) is 14.9 Å². The molecule has 0 spiro atoms. The van der Waals surface area contributed by atoms with Gasteiger partial charge in [-0.2, -0.15) is 5.10 Å². The molecule has 0 saturated heterocycles. The van der Waals surface area contributed by atoms with Gasteiger partial charge in [0.2, 0.25) is 11.8 Å². The first-order valence-corrected chi connectivity index (χ1v) is 7.84. The van der Waals surface area contributed by atoms with Crippen molar-refractivity contribution in [2.75, 3.05) is 5.32 Å². The second kappa shape index (κ2) is 6.79. The minimum Gasteiger partial charge on any atom is -0.543 e. The highest BCUT2D eigenvalue weighted by Crippen LogP contribution is 2.17. The van der Waals surface area contributed by atoms with Crippen molar-refractivity contribution >= 4 is 28.5 Å². The number of hydrogen-bond donors (Lipinski definition) is 1. The van der Waals surface area contributed by atoms with Crippen LogP contribution in [0.1, 0.15) is 35.9 Å². The average Bonchev–Trinajstić information content (AvgIpc) is 3.06. The minimum absolute atomic E-state index is 0.125. The molecule has 9 heteroatoms. The number of aromatic nitrogens is 3. The summed E-state index contributed by atoms with van der Waals surface area (Å²) in [4.78, 5) is 35.9. The third kappa shape index (κ3) is 3.32. The van der Waals surface area contributed by atoms with Crippen LogP contribution in [0.25, 0.3) is 10.8 Å². The highest BCUT2D eigenvalue weighted by atomic mass is 16.5. The van der Waals surface area contributed by atoms with Crippen LogP contribution < -0.4 is 16.0 Å². The maximum absolute atomic E-state index is 12.5. The number of carbonyl (C=O) groups is 2. The number of benzene rings is 1. The molecule has 0 aliphatic heterocycles. The summed E-state index contributed by atoms with van der Waals surface area (Å²) in [6.45, 7) is 3.36. The normalized spacial score (nSPS) is 11.0. The predicted molar refractivity (Wildman–Crippen MR) is 89.6 cm³/mol. The van der Waals surface area contributed by atoms with Gasteiger partial charge < -0.3 is 14.4 Å². The van der Waals surface area contributed by atoms with E-state index in [9.17, 15) is 19.5 Å². The Morgan fingerprint density at radius 1 is 1.27 bits per heavy atom. The zero-order valence-corrected chi connectivity index (χ0v) is 14.1. The minimum atomic E-state index is -1.54. The molecule has 0 radical (unpaired) electrons. The van der Waals surface area contributed by atoms with Crippen LogP contribution in [0.3, 0.4) is 0 Å². The Bertz CT molecular complexity index is 1050. The van der Waals surface area contributed by atoms with Gasteiger partial charge in [0, 0.05) is 11.5 Å². The van der Waals surface area contributed by atoms with Crippen molar-refractivity contribution in [3.05, 3.63) is 52.1 Å². The summed E-state index contributed by atoms with van der Waals surface area (Å²) in [5.74, 6) is -1.88. The topological polar surface area (TPSA) is 130 Å². The maximum atomic E-state index is 12.5. The Morgan fingerprint density at radius 3 is 2.58 bits per heavy atom. The second-order valence-electron chi connectivity index (χ2n) is 5.96. The van der Waals surface area contributed by atoms with Crippen LogP contribution >= 0.6 is 0 Å². The molecule has 0 aliphatic rings. The smallest absolute Gasteiger partial charge is 0.275 e. The van der Waals surface area contributed by atoms with E-state index in [1.54, 1.807) is 18.2 Å². The van der Waals surface area contributed by atoms with Crippen LogP contribution in [0.2, 0.25) is 0 Å². The number of carboxylic acids is 1. The van der Waals surface area contributed by atoms with E-state index >= 15 is 0 Å². The van der Waals surface area contributed by atoms with Gasteiger partial charge in [-0.3, -0.25) is 14.9 Å². The van der Waals surface area contributed by atoms with Gasteiger partial charge in [0.15, 0.2) is 0 Å². The maximum Gasteiger partial charge on any atom is 0.275 e. The number of fused-ring (bicyclic) bond motifs is 1. The van der Waals surface area contributed by atoms with Gasteiger partial charge >= 0.3 is 0 Å². The molecule has 0 bridgehead atoms. The lowest BCUT2D eigenvalue weighted by atomic mass is 10.1. The number of nitrogens with one attached hydrogen (secondary N) is 1. The largest absolute Gasteiger partial charge is 0.543 e.